The van der Waals surface area contributed by atoms with E-state index in [1.165, 1.54) is 12.1 Å². The molecule has 1 unspecified atom stereocenters. The van der Waals surface area contributed by atoms with Crippen molar-refractivity contribution in [1.29, 1.82) is 0 Å². The molecule has 1 fully saturated rings. The van der Waals surface area contributed by atoms with Crippen LogP contribution in [0.3, 0.4) is 0 Å². The second-order valence-corrected chi connectivity index (χ2v) is 3.65. The first-order valence-electron chi connectivity index (χ1n) is 4.53. The molecule has 0 bridgehead atoms. The van der Waals surface area contributed by atoms with E-state index in [0.29, 0.717) is 11.8 Å². The molecule has 1 saturated carbocycles. The molecule has 2 aliphatic carbocycles. The van der Waals surface area contributed by atoms with Crippen molar-refractivity contribution in [1.82, 2.24) is 0 Å². The molecule has 12 heavy (non-hydrogen) atoms. The van der Waals surface area contributed by atoms with Gasteiger partial charge in [-0.2, -0.15) is 0 Å². The zero-order valence-electron chi connectivity index (χ0n) is 6.81. The van der Waals surface area contributed by atoms with Crippen LogP contribution in [-0.2, 0) is 4.84 Å². The van der Waals surface area contributed by atoms with Crippen LogP contribution in [-0.4, -0.2) is 11.8 Å². The third-order valence-electron chi connectivity index (χ3n) is 3.00. The zero-order chi connectivity index (χ0) is 7.97. The monoisotopic (exact) mass is 161 g/mol. The van der Waals surface area contributed by atoms with Gasteiger partial charge >= 0.3 is 0 Å². The highest BCUT2D eigenvalue weighted by Crippen LogP contribution is 2.39. The van der Waals surface area contributed by atoms with Crippen LogP contribution >= 0.6 is 0 Å². The standard InChI is InChI=1S/C10H11NO/c1-2-4-9-10-7(3-1)5-6-8(10)11-12-9/h1-4,7,9-10H,5-6H2/t7?,9-,10-/m1/s1. The van der Waals surface area contributed by atoms with Gasteiger partial charge in [0.25, 0.3) is 0 Å². The van der Waals surface area contributed by atoms with Crippen LogP contribution in [0, 0.1) is 11.8 Å². The molecule has 3 aliphatic rings. The summed E-state index contributed by atoms with van der Waals surface area (Å²) in [5, 5.41) is 4.11. The molecule has 2 heteroatoms. The van der Waals surface area contributed by atoms with E-state index < -0.39 is 0 Å². The van der Waals surface area contributed by atoms with Crippen LogP contribution in [0.2, 0.25) is 0 Å². The number of rotatable bonds is 0. The Morgan fingerprint density at radius 1 is 1.33 bits per heavy atom. The van der Waals surface area contributed by atoms with Gasteiger partial charge in [-0.25, -0.2) is 0 Å². The van der Waals surface area contributed by atoms with Crippen molar-refractivity contribution in [2.75, 3.05) is 0 Å². The molecular weight excluding hydrogens is 150 g/mol. The first-order valence-corrected chi connectivity index (χ1v) is 4.53. The van der Waals surface area contributed by atoms with E-state index in [2.05, 4.69) is 29.5 Å². The summed E-state index contributed by atoms with van der Waals surface area (Å²) >= 11 is 0. The Balaban J connectivity index is 2.03. The average molecular weight is 161 g/mol. The summed E-state index contributed by atoms with van der Waals surface area (Å²) in [5.41, 5.74) is 1.28. The van der Waals surface area contributed by atoms with Crippen molar-refractivity contribution in [3.8, 4) is 0 Å². The second-order valence-electron chi connectivity index (χ2n) is 3.65. The number of allylic oxidation sites excluding steroid dienone is 3. The zero-order valence-corrected chi connectivity index (χ0v) is 6.81. The smallest absolute Gasteiger partial charge is 0.154 e. The average Bonchev–Trinajstić information content (AvgIpc) is 2.57. The van der Waals surface area contributed by atoms with Crippen molar-refractivity contribution in [3.05, 3.63) is 24.3 Å². The summed E-state index contributed by atoms with van der Waals surface area (Å²) in [6.07, 6.45) is 11.2. The molecule has 0 aromatic heterocycles. The lowest BCUT2D eigenvalue weighted by Crippen LogP contribution is -2.21. The molecule has 0 aromatic carbocycles. The normalized spacial score (nSPS) is 42.0. The fourth-order valence-corrected chi connectivity index (χ4v) is 2.39. The maximum atomic E-state index is 5.33. The topological polar surface area (TPSA) is 21.6 Å². The van der Waals surface area contributed by atoms with Crippen LogP contribution in [0.4, 0.5) is 0 Å². The van der Waals surface area contributed by atoms with Crippen LogP contribution < -0.4 is 0 Å². The minimum Gasteiger partial charge on any atom is -0.388 e. The highest BCUT2D eigenvalue weighted by molar-refractivity contribution is 5.90. The molecular formula is C10H11NO. The molecule has 1 aliphatic heterocycles. The third-order valence-corrected chi connectivity index (χ3v) is 3.00. The van der Waals surface area contributed by atoms with E-state index >= 15 is 0 Å². The lowest BCUT2D eigenvalue weighted by Gasteiger charge is -2.14. The van der Waals surface area contributed by atoms with Gasteiger partial charge in [-0.15, -0.1) is 0 Å². The minimum absolute atomic E-state index is 0.225. The maximum absolute atomic E-state index is 5.33. The molecule has 2 nitrogen and oxygen atoms in total. The maximum Gasteiger partial charge on any atom is 0.154 e. The number of oxime groups is 1. The van der Waals surface area contributed by atoms with Gasteiger partial charge in [0.15, 0.2) is 6.10 Å². The van der Waals surface area contributed by atoms with E-state index in [1.807, 2.05) is 0 Å². The fraction of sp³-hybridized carbons (Fsp3) is 0.500. The molecule has 0 N–H and O–H groups in total. The van der Waals surface area contributed by atoms with E-state index in [9.17, 15) is 0 Å². The number of hydrogen-bond donors (Lipinski definition) is 0. The predicted octanol–water partition coefficient (Wildman–Crippen LogP) is 1.89. The van der Waals surface area contributed by atoms with Gasteiger partial charge in [-0.1, -0.05) is 23.4 Å². The number of nitrogens with zero attached hydrogens (tertiary/aromatic N) is 1. The lowest BCUT2D eigenvalue weighted by molar-refractivity contribution is 0.0877. The molecule has 3 rings (SSSR count). The Morgan fingerprint density at radius 2 is 2.25 bits per heavy atom. The molecule has 0 saturated heterocycles. The van der Waals surface area contributed by atoms with Crippen molar-refractivity contribution >= 4 is 5.71 Å². The molecule has 0 aromatic rings. The predicted molar refractivity (Wildman–Crippen MR) is 46.8 cm³/mol. The van der Waals surface area contributed by atoms with Gasteiger partial charge in [0.1, 0.15) is 0 Å². The summed E-state index contributed by atoms with van der Waals surface area (Å²) in [6.45, 7) is 0. The third kappa shape index (κ3) is 0.724. The first-order chi connectivity index (χ1) is 5.95. The van der Waals surface area contributed by atoms with E-state index in [4.69, 9.17) is 4.84 Å². The first kappa shape index (κ1) is 6.46. The Labute approximate surface area is 71.6 Å². The highest BCUT2D eigenvalue weighted by atomic mass is 16.6. The Hall–Kier alpha value is -1.05. The van der Waals surface area contributed by atoms with Gasteiger partial charge in [0.2, 0.25) is 0 Å². The van der Waals surface area contributed by atoms with E-state index in [1.54, 1.807) is 0 Å². The van der Waals surface area contributed by atoms with E-state index in [-0.39, 0.29) is 6.10 Å². The highest BCUT2D eigenvalue weighted by Gasteiger charge is 2.42. The molecule has 0 spiro atoms. The summed E-state index contributed by atoms with van der Waals surface area (Å²) in [5.74, 6) is 1.23. The Morgan fingerprint density at radius 3 is 3.25 bits per heavy atom. The largest absolute Gasteiger partial charge is 0.388 e. The minimum atomic E-state index is 0.225. The van der Waals surface area contributed by atoms with Gasteiger partial charge in [0, 0.05) is 0 Å². The molecule has 0 radical (unpaired) electrons. The summed E-state index contributed by atoms with van der Waals surface area (Å²) < 4.78 is 0. The molecule has 62 valence electrons. The SMILES string of the molecule is C1=CC2CCC3=NO[C@H](C=C1)[C@@H]32. The summed E-state index contributed by atoms with van der Waals surface area (Å²) in [7, 11) is 0. The van der Waals surface area contributed by atoms with Crippen LogP contribution in [0.1, 0.15) is 12.8 Å². The Kier molecular flexibility index (Phi) is 1.20. The molecule has 1 heterocycles. The van der Waals surface area contributed by atoms with Crippen LogP contribution in [0.5, 0.6) is 0 Å². The lowest BCUT2D eigenvalue weighted by atomic mass is 9.91. The van der Waals surface area contributed by atoms with Gasteiger partial charge in [-0.3, -0.25) is 0 Å². The summed E-state index contributed by atoms with van der Waals surface area (Å²) in [4.78, 5) is 5.33. The summed E-state index contributed by atoms with van der Waals surface area (Å²) in [6, 6.07) is 0. The van der Waals surface area contributed by atoms with Gasteiger partial charge < -0.3 is 4.84 Å². The Bertz CT molecular complexity index is 290. The second kappa shape index (κ2) is 2.22. The van der Waals surface area contributed by atoms with Crippen molar-refractivity contribution in [3.63, 3.8) is 0 Å². The number of hydrogen-bond acceptors (Lipinski definition) is 2. The van der Waals surface area contributed by atoms with Crippen LogP contribution in [0.25, 0.3) is 0 Å². The fourth-order valence-electron chi connectivity index (χ4n) is 2.39. The molecule has 3 atom stereocenters. The van der Waals surface area contributed by atoms with Crippen molar-refractivity contribution in [2.45, 2.75) is 18.9 Å². The van der Waals surface area contributed by atoms with Crippen LogP contribution in [0.15, 0.2) is 29.5 Å². The van der Waals surface area contributed by atoms with E-state index in [0.717, 1.165) is 6.42 Å². The van der Waals surface area contributed by atoms with Gasteiger partial charge in [0.05, 0.1) is 11.6 Å². The van der Waals surface area contributed by atoms with Crippen molar-refractivity contribution < 1.29 is 4.84 Å². The van der Waals surface area contributed by atoms with Gasteiger partial charge in [-0.05, 0) is 24.8 Å². The van der Waals surface area contributed by atoms with Crippen molar-refractivity contribution in [2.24, 2.45) is 17.0 Å². The molecule has 0 amide bonds. The quantitative estimate of drug-likeness (QED) is 0.531.